The Bertz CT molecular complexity index is 629. The summed E-state index contributed by atoms with van der Waals surface area (Å²) in [6.07, 6.45) is 1.93. The molecule has 2 rings (SSSR count). The van der Waals surface area contributed by atoms with Crippen molar-refractivity contribution in [3.63, 3.8) is 0 Å². The van der Waals surface area contributed by atoms with Crippen LogP contribution < -0.4 is 14.8 Å². The molecule has 3 amide bonds. The predicted octanol–water partition coefficient (Wildman–Crippen LogP) is 1.76. The summed E-state index contributed by atoms with van der Waals surface area (Å²) in [7, 11) is 3.08. The number of carbonyl (C=O) groups is 2. The second kappa shape index (κ2) is 6.05. The molecule has 0 saturated carbocycles. The zero-order valence-corrected chi connectivity index (χ0v) is 13.0. The summed E-state index contributed by atoms with van der Waals surface area (Å²) in [5.41, 5.74) is -0.213. The highest BCUT2D eigenvalue weighted by molar-refractivity contribution is 6.07. The summed E-state index contributed by atoms with van der Waals surface area (Å²) in [5.74, 6) is 0.770. The highest BCUT2D eigenvalue weighted by Gasteiger charge is 2.46. The first-order valence-corrected chi connectivity index (χ1v) is 6.88. The lowest BCUT2D eigenvalue weighted by atomic mass is 10.00. The summed E-state index contributed by atoms with van der Waals surface area (Å²) in [4.78, 5) is 24.0. The van der Waals surface area contributed by atoms with Crippen molar-refractivity contribution in [3.05, 3.63) is 23.8 Å². The van der Waals surface area contributed by atoms with E-state index < -0.39 is 11.6 Å². The van der Waals surface area contributed by atoms with Crippen molar-refractivity contribution < 1.29 is 19.1 Å². The molecule has 0 aromatic heterocycles. The molecule has 0 radical (unpaired) electrons. The largest absolute Gasteiger partial charge is 0.493 e. The van der Waals surface area contributed by atoms with E-state index in [0.717, 1.165) is 5.01 Å². The predicted molar refractivity (Wildman–Crippen MR) is 81.2 cm³/mol. The molecule has 0 spiro atoms. The van der Waals surface area contributed by atoms with Crippen molar-refractivity contribution in [1.82, 2.24) is 10.3 Å². The van der Waals surface area contributed by atoms with Crippen molar-refractivity contribution in [2.24, 2.45) is 5.10 Å². The second-order valence-electron chi connectivity index (χ2n) is 5.09. The molecule has 7 nitrogen and oxygen atoms in total. The van der Waals surface area contributed by atoms with Gasteiger partial charge in [0.05, 0.1) is 20.4 Å². The van der Waals surface area contributed by atoms with Crippen molar-refractivity contribution in [2.45, 2.75) is 25.8 Å². The highest BCUT2D eigenvalue weighted by Crippen LogP contribution is 2.27. The van der Waals surface area contributed by atoms with Gasteiger partial charge in [-0.25, -0.2) is 4.79 Å². The molecule has 1 fully saturated rings. The fourth-order valence-corrected chi connectivity index (χ4v) is 2.07. The molecule has 1 aromatic rings. The number of carbonyl (C=O) groups excluding carboxylic acids is 2. The second-order valence-corrected chi connectivity index (χ2v) is 5.09. The number of benzene rings is 1. The number of nitrogens with zero attached hydrogens (tertiary/aromatic N) is 2. The topological polar surface area (TPSA) is 80.2 Å². The number of hydrazone groups is 1. The minimum atomic E-state index is -0.897. The van der Waals surface area contributed by atoms with Gasteiger partial charge >= 0.3 is 6.03 Å². The molecule has 1 unspecified atom stereocenters. The maximum absolute atomic E-state index is 12.2. The Morgan fingerprint density at radius 3 is 2.50 bits per heavy atom. The number of nitrogens with one attached hydrogen (secondary N) is 1. The third-order valence-electron chi connectivity index (χ3n) is 3.68. The molecule has 0 aliphatic carbocycles. The van der Waals surface area contributed by atoms with Gasteiger partial charge in [-0.2, -0.15) is 5.10 Å². The lowest BCUT2D eigenvalue weighted by Gasteiger charge is -2.17. The van der Waals surface area contributed by atoms with Crippen LogP contribution in [0.15, 0.2) is 23.3 Å². The molecule has 1 aromatic carbocycles. The van der Waals surface area contributed by atoms with Crippen LogP contribution >= 0.6 is 0 Å². The Labute approximate surface area is 128 Å². The van der Waals surface area contributed by atoms with E-state index in [2.05, 4.69) is 10.4 Å². The van der Waals surface area contributed by atoms with Gasteiger partial charge < -0.3 is 14.8 Å². The summed E-state index contributed by atoms with van der Waals surface area (Å²) in [5, 5.41) is 7.46. The lowest BCUT2D eigenvalue weighted by Crippen LogP contribution is -2.42. The van der Waals surface area contributed by atoms with E-state index >= 15 is 0 Å². The molecule has 7 heteroatoms. The number of imide groups is 1. The zero-order valence-electron chi connectivity index (χ0n) is 13.0. The van der Waals surface area contributed by atoms with Crippen LogP contribution in [0.4, 0.5) is 4.79 Å². The van der Waals surface area contributed by atoms with Gasteiger partial charge in [-0.05, 0) is 37.1 Å². The van der Waals surface area contributed by atoms with E-state index in [1.807, 2.05) is 6.92 Å². The highest BCUT2D eigenvalue weighted by atomic mass is 16.5. The third-order valence-corrected chi connectivity index (χ3v) is 3.68. The Morgan fingerprint density at radius 2 is 1.95 bits per heavy atom. The fraction of sp³-hybridized carbons (Fsp3) is 0.400. The van der Waals surface area contributed by atoms with Gasteiger partial charge in [0.25, 0.3) is 5.91 Å². The fourth-order valence-electron chi connectivity index (χ4n) is 2.07. The first-order valence-electron chi connectivity index (χ1n) is 6.88. The normalized spacial score (nSPS) is 21.4. The first kappa shape index (κ1) is 15.8. The SMILES string of the molecule is CCC1(C)NC(=O)N(/N=C/c2ccc(OC)c(OC)c2)C1=O. The lowest BCUT2D eigenvalue weighted by molar-refractivity contribution is -0.130. The van der Waals surface area contributed by atoms with Gasteiger partial charge in [0.15, 0.2) is 11.5 Å². The van der Waals surface area contributed by atoms with Gasteiger partial charge in [-0.15, -0.1) is 5.01 Å². The average Bonchev–Trinajstić information content (AvgIpc) is 2.75. The number of amides is 3. The molecule has 1 saturated heterocycles. The number of methoxy groups -OCH3 is 2. The monoisotopic (exact) mass is 305 g/mol. The summed E-state index contributed by atoms with van der Waals surface area (Å²) in [6.45, 7) is 3.51. The molecular weight excluding hydrogens is 286 g/mol. The minimum Gasteiger partial charge on any atom is -0.493 e. The van der Waals surface area contributed by atoms with Crippen molar-refractivity contribution >= 4 is 18.2 Å². The molecule has 22 heavy (non-hydrogen) atoms. The van der Waals surface area contributed by atoms with Crippen LogP contribution in [-0.4, -0.2) is 42.9 Å². The number of hydrogen-bond acceptors (Lipinski definition) is 5. The van der Waals surface area contributed by atoms with Gasteiger partial charge in [-0.1, -0.05) is 6.92 Å². The standard InChI is InChI=1S/C15H19N3O4/c1-5-15(2)13(19)18(14(20)17-15)16-9-10-6-7-11(21-3)12(8-10)22-4/h6-9H,5H2,1-4H3,(H,17,20)/b16-9+. The van der Waals surface area contributed by atoms with Crippen LogP contribution in [0.1, 0.15) is 25.8 Å². The molecule has 0 bridgehead atoms. The zero-order chi connectivity index (χ0) is 16.3. The molecule has 1 aliphatic heterocycles. The van der Waals surface area contributed by atoms with Crippen LogP contribution in [0.2, 0.25) is 0 Å². The molecule has 1 heterocycles. The van der Waals surface area contributed by atoms with E-state index in [9.17, 15) is 9.59 Å². The van der Waals surface area contributed by atoms with Crippen molar-refractivity contribution in [1.29, 1.82) is 0 Å². The summed E-state index contributed by atoms with van der Waals surface area (Å²) in [6, 6.07) is 4.66. The van der Waals surface area contributed by atoms with Gasteiger partial charge in [-0.3, -0.25) is 4.79 Å². The average molecular weight is 305 g/mol. The number of urea groups is 1. The maximum atomic E-state index is 12.2. The van der Waals surface area contributed by atoms with E-state index in [1.165, 1.54) is 13.3 Å². The van der Waals surface area contributed by atoms with Crippen LogP contribution in [0.5, 0.6) is 11.5 Å². The van der Waals surface area contributed by atoms with Crippen LogP contribution in [0.25, 0.3) is 0 Å². The quantitative estimate of drug-likeness (QED) is 0.664. The Hall–Kier alpha value is -2.57. The van der Waals surface area contributed by atoms with E-state index in [0.29, 0.717) is 23.5 Å². The molecule has 118 valence electrons. The Morgan fingerprint density at radius 1 is 1.27 bits per heavy atom. The molecular formula is C15H19N3O4. The molecule has 1 N–H and O–H groups in total. The third kappa shape index (κ3) is 2.74. The van der Waals surface area contributed by atoms with Crippen LogP contribution in [0.3, 0.4) is 0 Å². The van der Waals surface area contributed by atoms with Gasteiger partial charge in [0.1, 0.15) is 5.54 Å². The Balaban J connectivity index is 2.22. The number of ether oxygens (including phenoxy) is 2. The van der Waals surface area contributed by atoms with Gasteiger partial charge in [0, 0.05) is 0 Å². The van der Waals surface area contributed by atoms with Crippen LogP contribution in [-0.2, 0) is 4.79 Å². The van der Waals surface area contributed by atoms with E-state index in [4.69, 9.17) is 9.47 Å². The minimum absolute atomic E-state index is 0.364. The summed E-state index contributed by atoms with van der Waals surface area (Å²) < 4.78 is 10.3. The van der Waals surface area contributed by atoms with E-state index in [-0.39, 0.29) is 5.91 Å². The molecule has 1 atom stereocenters. The Kier molecular flexibility index (Phi) is 4.35. The summed E-state index contributed by atoms with van der Waals surface area (Å²) >= 11 is 0. The van der Waals surface area contributed by atoms with Gasteiger partial charge in [0.2, 0.25) is 0 Å². The first-order chi connectivity index (χ1) is 10.4. The van der Waals surface area contributed by atoms with Crippen LogP contribution in [0, 0.1) is 0 Å². The molecule has 1 aliphatic rings. The maximum Gasteiger partial charge on any atom is 0.346 e. The van der Waals surface area contributed by atoms with E-state index in [1.54, 1.807) is 32.2 Å². The van der Waals surface area contributed by atoms with Crippen molar-refractivity contribution in [2.75, 3.05) is 14.2 Å². The number of hydrogen-bond donors (Lipinski definition) is 1. The smallest absolute Gasteiger partial charge is 0.346 e. The van der Waals surface area contributed by atoms with Crippen molar-refractivity contribution in [3.8, 4) is 11.5 Å². The number of rotatable bonds is 5.